The molecule has 1 aromatic rings. The predicted molar refractivity (Wildman–Crippen MR) is 59.0 cm³/mol. The average molecular weight is 228 g/mol. The minimum atomic E-state index is -0.287. The molecule has 0 heterocycles. The summed E-state index contributed by atoms with van der Waals surface area (Å²) in [5.74, 6) is 0.368. The van der Waals surface area contributed by atoms with Crippen LogP contribution in [0.5, 0.6) is 5.75 Å². The number of methoxy groups -OCH3 is 1. The molecule has 0 aromatic heterocycles. The molecule has 0 saturated carbocycles. The van der Waals surface area contributed by atoms with E-state index in [1.807, 2.05) is 0 Å². The van der Waals surface area contributed by atoms with Gasteiger partial charge in [0.25, 0.3) is 0 Å². The van der Waals surface area contributed by atoms with E-state index in [-0.39, 0.29) is 18.3 Å². The maximum atomic E-state index is 12.6. The number of hydrogen-bond acceptors (Lipinski definition) is 3. The molecular formula is C12H17FO3. The highest BCUT2D eigenvalue weighted by Crippen LogP contribution is 2.13. The van der Waals surface area contributed by atoms with Crippen LogP contribution in [0.15, 0.2) is 24.3 Å². The first kappa shape index (κ1) is 12.9. The van der Waals surface area contributed by atoms with Crippen LogP contribution in [0, 0.1) is 11.7 Å². The molecule has 1 rings (SSSR count). The Hall–Kier alpha value is -1.13. The maximum absolute atomic E-state index is 12.6. The van der Waals surface area contributed by atoms with Crippen molar-refractivity contribution >= 4 is 0 Å². The first-order valence-electron chi connectivity index (χ1n) is 5.24. The maximum Gasteiger partial charge on any atom is 0.123 e. The predicted octanol–water partition coefficient (Wildman–Crippen LogP) is 1.85. The number of halogens is 1. The van der Waals surface area contributed by atoms with Crippen molar-refractivity contribution in [1.29, 1.82) is 0 Å². The van der Waals surface area contributed by atoms with Gasteiger partial charge >= 0.3 is 0 Å². The molecule has 0 bridgehead atoms. The van der Waals surface area contributed by atoms with E-state index in [1.54, 1.807) is 19.2 Å². The minimum Gasteiger partial charge on any atom is -0.493 e. The van der Waals surface area contributed by atoms with Gasteiger partial charge in [-0.3, -0.25) is 0 Å². The molecule has 1 unspecified atom stereocenters. The molecule has 3 nitrogen and oxygen atoms in total. The van der Waals surface area contributed by atoms with Crippen LogP contribution in [0.4, 0.5) is 4.39 Å². The fraction of sp³-hybridized carbons (Fsp3) is 0.500. The summed E-state index contributed by atoms with van der Waals surface area (Å²) < 4.78 is 23.0. The molecule has 0 amide bonds. The Labute approximate surface area is 94.8 Å². The monoisotopic (exact) mass is 228 g/mol. The average Bonchev–Trinajstić information content (AvgIpc) is 2.32. The molecule has 0 fully saturated rings. The van der Waals surface area contributed by atoms with Crippen molar-refractivity contribution in [2.45, 2.75) is 6.42 Å². The van der Waals surface area contributed by atoms with Gasteiger partial charge in [0.2, 0.25) is 0 Å². The van der Waals surface area contributed by atoms with E-state index in [9.17, 15) is 4.39 Å². The summed E-state index contributed by atoms with van der Waals surface area (Å²) in [4.78, 5) is 0. The van der Waals surface area contributed by atoms with Crippen LogP contribution in [0.2, 0.25) is 0 Å². The van der Waals surface area contributed by atoms with Gasteiger partial charge in [0.15, 0.2) is 0 Å². The van der Waals surface area contributed by atoms with Crippen molar-refractivity contribution < 1.29 is 19.0 Å². The Morgan fingerprint density at radius 1 is 1.31 bits per heavy atom. The second kappa shape index (κ2) is 7.19. The zero-order valence-electron chi connectivity index (χ0n) is 9.36. The largest absolute Gasteiger partial charge is 0.493 e. The van der Waals surface area contributed by atoms with Crippen molar-refractivity contribution in [3.05, 3.63) is 30.1 Å². The van der Waals surface area contributed by atoms with E-state index < -0.39 is 0 Å². The van der Waals surface area contributed by atoms with Crippen LogP contribution in [-0.2, 0) is 4.74 Å². The van der Waals surface area contributed by atoms with E-state index in [1.165, 1.54) is 12.1 Å². The number of aliphatic hydroxyl groups is 1. The highest BCUT2D eigenvalue weighted by molar-refractivity contribution is 5.21. The van der Waals surface area contributed by atoms with Gasteiger partial charge in [-0.05, 0) is 30.7 Å². The number of aliphatic hydroxyl groups excluding tert-OH is 1. The van der Waals surface area contributed by atoms with Gasteiger partial charge < -0.3 is 14.6 Å². The zero-order valence-corrected chi connectivity index (χ0v) is 9.36. The first-order valence-corrected chi connectivity index (χ1v) is 5.24. The summed E-state index contributed by atoms with van der Waals surface area (Å²) in [5.41, 5.74) is 0. The Kier molecular flexibility index (Phi) is 5.82. The van der Waals surface area contributed by atoms with Crippen LogP contribution >= 0.6 is 0 Å². The summed E-state index contributed by atoms with van der Waals surface area (Å²) in [6.07, 6.45) is 0.744. The molecule has 0 aliphatic heterocycles. The molecule has 1 N–H and O–H groups in total. The quantitative estimate of drug-likeness (QED) is 0.774. The van der Waals surface area contributed by atoms with Gasteiger partial charge in [0.1, 0.15) is 11.6 Å². The smallest absolute Gasteiger partial charge is 0.123 e. The number of benzene rings is 1. The molecule has 0 aliphatic carbocycles. The van der Waals surface area contributed by atoms with Gasteiger partial charge in [-0.2, -0.15) is 0 Å². The lowest BCUT2D eigenvalue weighted by molar-refractivity contribution is 0.116. The molecule has 90 valence electrons. The molecular weight excluding hydrogens is 211 g/mol. The van der Waals surface area contributed by atoms with Gasteiger partial charge in [-0.1, -0.05) is 0 Å². The summed E-state index contributed by atoms with van der Waals surface area (Å²) in [7, 11) is 1.62. The van der Waals surface area contributed by atoms with Crippen molar-refractivity contribution in [2.24, 2.45) is 5.92 Å². The summed E-state index contributed by atoms with van der Waals surface area (Å²) in [6, 6.07) is 5.83. The second-order valence-electron chi connectivity index (χ2n) is 3.59. The Balaban J connectivity index is 2.34. The van der Waals surface area contributed by atoms with Gasteiger partial charge in [-0.15, -0.1) is 0 Å². The van der Waals surface area contributed by atoms with Crippen LogP contribution in [0.3, 0.4) is 0 Å². The molecule has 0 aliphatic rings. The van der Waals surface area contributed by atoms with Gasteiger partial charge in [0, 0.05) is 26.2 Å². The lowest BCUT2D eigenvalue weighted by Crippen LogP contribution is -2.17. The SMILES string of the molecule is COCCC(CO)COc1ccc(F)cc1. The molecule has 1 atom stereocenters. The van der Waals surface area contributed by atoms with Crippen molar-refractivity contribution in [2.75, 3.05) is 26.9 Å². The zero-order chi connectivity index (χ0) is 11.8. The van der Waals surface area contributed by atoms with Crippen LogP contribution < -0.4 is 4.74 Å². The topological polar surface area (TPSA) is 38.7 Å². The highest BCUT2D eigenvalue weighted by Gasteiger charge is 2.08. The van der Waals surface area contributed by atoms with Crippen LogP contribution in [0.1, 0.15) is 6.42 Å². The number of hydrogen-bond donors (Lipinski definition) is 1. The lowest BCUT2D eigenvalue weighted by Gasteiger charge is -2.14. The number of rotatable bonds is 7. The first-order chi connectivity index (χ1) is 7.76. The number of ether oxygens (including phenoxy) is 2. The van der Waals surface area contributed by atoms with Gasteiger partial charge in [-0.25, -0.2) is 4.39 Å². The van der Waals surface area contributed by atoms with Crippen molar-refractivity contribution in [3.8, 4) is 5.75 Å². The molecule has 0 spiro atoms. The normalized spacial score (nSPS) is 12.4. The van der Waals surface area contributed by atoms with E-state index in [4.69, 9.17) is 14.6 Å². The Bertz CT molecular complexity index is 287. The van der Waals surface area contributed by atoms with Gasteiger partial charge in [0.05, 0.1) is 6.61 Å². The van der Waals surface area contributed by atoms with E-state index >= 15 is 0 Å². The molecule has 0 saturated heterocycles. The summed E-state index contributed by atoms with van der Waals surface area (Å²) >= 11 is 0. The van der Waals surface area contributed by atoms with Crippen molar-refractivity contribution in [3.63, 3.8) is 0 Å². The van der Waals surface area contributed by atoms with E-state index in [0.717, 1.165) is 6.42 Å². The van der Waals surface area contributed by atoms with E-state index in [2.05, 4.69) is 0 Å². The Morgan fingerprint density at radius 3 is 2.56 bits per heavy atom. The Morgan fingerprint density at radius 2 is 2.00 bits per heavy atom. The van der Waals surface area contributed by atoms with Crippen LogP contribution in [-0.4, -0.2) is 32.0 Å². The van der Waals surface area contributed by atoms with Crippen molar-refractivity contribution in [1.82, 2.24) is 0 Å². The fourth-order valence-electron chi connectivity index (χ4n) is 1.26. The second-order valence-corrected chi connectivity index (χ2v) is 3.59. The molecule has 16 heavy (non-hydrogen) atoms. The summed E-state index contributed by atoms with van der Waals surface area (Å²) in [5, 5.41) is 9.08. The van der Waals surface area contributed by atoms with E-state index in [0.29, 0.717) is 19.0 Å². The lowest BCUT2D eigenvalue weighted by atomic mass is 10.1. The summed E-state index contributed by atoms with van der Waals surface area (Å²) in [6.45, 7) is 1.06. The third-order valence-electron chi connectivity index (χ3n) is 2.29. The standard InChI is InChI=1S/C12H17FO3/c1-15-7-6-10(8-14)9-16-12-4-2-11(13)3-5-12/h2-5,10,14H,6-9H2,1H3. The molecule has 0 radical (unpaired) electrons. The third kappa shape index (κ3) is 4.59. The molecule has 1 aromatic carbocycles. The fourth-order valence-corrected chi connectivity index (χ4v) is 1.26. The minimum absolute atomic E-state index is 0.0463. The van der Waals surface area contributed by atoms with Crippen LogP contribution in [0.25, 0.3) is 0 Å². The highest BCUT2D eigenvalue weighted by atomic mass is 19.1. The third-order valence-corrected chi connectivity index (χ3v) is 2.29. The molecule has 4 heteroatoms.